The number of aryl methyl sites for hydroxylation is 2. The minimum atomic E-state index is -3.47. The summed E-state index contributed by atoms with van der Waals surface area (Å²) >= 11 is 1.56. The van der Waals surface area contributed by atoms with Gasteiger partial charge in [0.2, 0.25) is 0 Å². The molecular formula is C30H32N2O8S2. The number of ether oxygens (including phenoxy) is 2. The van der Waals surface area contributed by atoms with Gasteiger partial charge in [-0.05, 0) is 61.6 Å². The number of amides is 1. The lowest BCUT2D eigenvalue weighted by molar-refractivity contribution is -0.141. The van der Waals surface area contributed by atoms with Gasteiger partial charge < -0.3 is 24.3 Å². The van der Waals surface area contributed by atoms with Crippen LogP contribution in [0.2, 0.25) is 0 Å². The Labute approximate surface area is 248 Å². The predicted octanol–water partition coefficient (Wildman–Crippen LogP) is 5.40. The number of rotatable bonds is 15. The molecule has 2 aromatic carbocycles. The fourth-order valence-electron chi connectivity index (χ4n) is 4.04. The number of aromatic nitrogens is 1. The molecule has 2 aromatic heterocycles. The van der Waals surface area contributed by atoms with Crippen LogP contribution in [0, 0.1) is 6.92 Å². The van der Waals surface area contributed by atoms with Crippen molar-refractivity contribution in [3.63, 3.8) is 0 Å². The van der Waals surface area contributed by atoms with Gasteiger partial charge in [0.25, 0.3) is 0 Å². The van der Waals surface area contributed by atoms with Gasteiger partial charge in [0.15, 0.2) is 26.6 Å². The van der Waals surface area contributed by atoms with Crippen LogP contribution in [0.1, 0.15) is 34.5 Å². The highest BCUT2D eigenvalue weighted by Crippen LogP contribution is 2.28. The van der Waals surface area contributed by atoms with Crippen LogP contribution in [-0.2, 0) is 43.7 Å². The molecule has 0 fully saturated rings. The molecule has 0 aliphatic heterocycles. The average molecular weight is 613 g/mol. The number of carbonyl (C=O) groups is 2. The van der Waals surface area contributed by atoms with Crippen molar-refractivity contribution in [3.8, 4) is 10.8 Å². The molecular weight excluding hydrogens is 580 g/mol. The highest BCUT2D eigenvalue weighted by Gasteiger charge is 2.21. The molecule has 0 aliphatic carbocycles. The first-order valence-corrected chi connectivity index (χ1v) is 15.8. The van der Waals surface area contributed by atoms with Gasteiger partial charge in [-0.2, -0.15) is 0 Å². The van der Waals surface area contributed by atoms with Crippen molar-refractivity contribution in [3.05, 3.63) is 94.7 Å². The largest absolute Gasteiger partial charge is 0.480 e. The standard InChI is InChI=1S/C30H32N2O8S2/c1-21-25(31-28(41-21)27-11-7-16-39-27)10-5-6-17-42(36,37)24-14-12-23(13-15-24)18-38-20-26(29(33)34)32-30(35)40-19-22-8-3-2-4-9-22/h2-4,7-9,11-16,26H,5-6,10,17-20H2,1H3,(H,32,35)(H,33,34)/t26-/m0/s1. The molecule has 1 atom stereocenters. The lowest BCUT2D eigenvalue weighted by Gasteiger charge is -2.15. The predicted molar refractivity (Wildman–Crippen MR) is 157 cm³/mol. The van der Waals surface area contributed by atoms with Gasteiger partial charge in [-0.15, -0.1) is 11.3 Å². The Bertz CT molecular complexity index is 1550. The molecule has 0 spiro atoms. The molecule has 0 saturated heterocycles. The smallest absolute Gasteiger partial charge is 0.408 e. The number of carboxylic acids is 1. The van der Waals surface area contributed by atoms with Gasteiger partial charge in [0.1, 0.15) is 6.61 Å². The van der Waals surface area contributed by atoms with Crippen molar-refractivity contribution in [2.75, 3.05) is 12.4 Å². The molecule has 4 rings (SSSR count). The summed E-state index contributed by atoms with van der Waals surface area (Å²) in [6, 6.07) is 17.7. The normalized spacial score (nSPS) is 12.1. The Balaban J connectivity index is 1.19. The fraction of sp³-hybridized carbons (Fsp3) is 0.300. The van der Waals surface area contributed by atoms with Gasteiger partial charge in [0.05, 0.1) is 35.8 Å². The number of furan rings is 1. The van der Waals surface area contributed by atoms with E-state index in [-0.39, 0.29) is 30.5 Å². The van der Waals surface area contributed by atoms with Gasteiger partial charge in [0, 0.05) is 4.88 Å². The molecule has 4 aromatic rings. The van der Waals surface area contributed by atoms with Gasteiger partial charge in [-0.1, -0.05) is 42.5 Å². The van der Waals surface area contributed by atoms with E-state index in [2.05, 4.69) is 10.3 Å². The third kappa shape index (κ3) is 9.00. The number of nitrogens with one attached hydrogen (secondary N) is 1. The molecule has 0 bridgehead atoms. The van der Waals surface area contributed by atoms with E-state index >= 15 is 0 Å². The molecule has 0 unspecified atom stereocenters. The van der Waals surface area contributed by atoms with Crippen LogP contribution in [0.5, 0.6) is 0 Å². The van der Waals surface area contributed by atoms with Crippen molar-refractivity contribution in [2.45, 2.75) is 50.3 Å². The Hall–Kier alpha value is -4.00. The van der Waals surface area contributed by atoms with Crippen LogP contribution in [0.3, 0.4) is 0 Å². The average Bonchev–Trinajstić information content (AvgIpc) is 3.64. The maximum Gasteiger partial charge on any atom is 0.408 e. The molecule has 42 heavy (non-hydrogen) atoms. The third-order valence-corrected chi connectivity index (χ3v) is 9.18. The highest BCUT2D eigenvalue weighted by molar-refractivity contribution is 7.91. The Morgan fingerprint density at radius 3 is 2.43 bits per heavy atom. The molecule has 1 amide bonds. The van der Waals surface area contributed by atoms with E-state index in [9.17, 15) is 23.1 Å². The first kappa shape index (κ1) is 30.9. The SMILES string of the molecule is Cc1sc(-c2ccco2)nc1CCCCS(=O)(=O)c1ccc(COC[C@H](NC(=O)OCc2ccccc2)C(=O)O)cc1. The van der Waals surface area contributed by atoms with Crippen LogP contribution >= 0.6 is 11.3 Å². The number of carboxylic acid groups (broad SMARTS) is 1. The number of alkyl carbamates (subject to hydrolysis) is 1. The summed E-state index contributed by atoms with van der Waals surface area (Å²) in [6.07, 6.45) is 2.61. The second-order valence-corrected chi connectivity index (χ2v) is 12.8. The van der Waals surface area contributed by atoms with Crippen molar-refractivity contribution in [1.82, 2.24) is 10.3 Å². The molecule has 2 N–H and O–H groups in total. The zero-order valence-corrected chi connectivity index (χ0v) is 24.7. The quantitative estimate of drug-likeness (QED) is 0.168. The summed E-state index contributed by atoms with van der Waals surface area (Å²) in [6.45, 7) is 1.75. The topological polar surface area (TPSA) is 145 Å². The first-order valence-electron chi connectivity index (χ1n) is 13.3. The van der Waals surface area contributed by atoms with E-state index in [4.69, 9.17) is 13.9 Å². The van der Waals surface area contributed by atoms with E-state index in [1.807, 2.05) is 25.1 Å². The number of carbonyl (C=O) groups excluding carboxylic acids is 1. The van der Waals surface area contributed by atoms with Gasteiger partial charge in [-0.25, -0.2) is 23.0 Å². The summed E-state index contributed by atoms with van der Waals surface area (Å²) < 4.78 is 41.6. The maximum atomic E-state index is 12.8. The number of hydrogen-bond donors (Lipinski definition) is 2. The van der Waals surface area contributed by atoms with E-state index in [0.29, 0.717) is 24.8 Å². The minimum absolute atomic E-state index is 0.00788. The molecule has 2 heterocycles. The zero-order chi connectivity index (χ0) is 30.0. The Morgan fingerprint density at radius 1 is 1.00 bits per heavy atom. The number of thiazole rings is 1. The summed E-state index contributed by atoms with van der Waals surface area (Å²) in [5.74, 6) is -0.525. The molecule has 0 radical (unpaired) electrons. The second-order valence-electron chi connectivity index (χ2n) is 9.53. The summed E-state index contributed by atoms with van der Waals surface area (Å²) in [5.41, 5.74) is 2.39. The van der Waals surface area contributed by atoms with Crippen LogP contribution in [0.15, 0.2) is 82.3 Å². The molecule has 222 valence electrons. The van der Waals surface area contributed by atoms with Gasteiger partial charge >= 0.3 is 12.1 Å². The van der Waals surface area contributed by atoms with E-state index in [1.165, 1.54) is 12.1 Å². The zero-order valence-electron chi connectivity index (χ0n) is 23.0. The summed E-state index contributed by atoms with van der Waals surface area (Å²) in [7, 11) is -3.47. The van der Waals surface area contributed by atoms with Gasteiger partial charge in [-0.3, -0.25) is 0 Å². The van der Waals surface area contributed by atoms with E-state index in [1.54, 1.807) is 54.0 Å². The summed E-state index contributed by atoms with van der Waals surface area (Å²) in [4.78, 5) is 29.5. The molecule has 0 aliphatic rings. The number of nitrogens with zero attached hydrogens (tertiary/aromatic N) is 1. The maximum absolute atomic E-state index is 12.8. The second kappa shape index (κ2) is 14.8. The third-order valence-electron chi connectivity index (χ3n) is 6.34. The lowest BCUT2D eigenvalue weighted by Crippen LogP contribution is -2.44. The fourth-order valence-corrected chi connectivity index (χ4v) is 6.34. The van der Waals surface area contributed by atoms with Crippen LogP contribution in [0.4, 0.5) is 4.79 Å². The lowest BCUT2D eigenvalue weighted by atomic mass is 10.2. The number of aliphatic carboxylic acids is 1. The van der Waals surface area contributed by atoms with Crippen LogP contribution in [0.25, 0.3) is 10.8 Å². The Kier molecular flexibility index (Phi) is 10.9. The number of unbranched alkanes of at least 4 members (excludes halogenated alkanes) is 1. The molecule has 12 heteroatoms. The number of benzene rings is 2. The molecule has 0 saturated carbocycles. The van der Waals surface area contributed by atoms with Crippen molar-refractivity contribution < 1.29 is 37.0 Å². The highest BCUT2D eigenvalue weighted by atomic mass is 32.2. The van der Waals surface area contributed by atoms with Crippen LogP contribution in [-0.4, -0.2) is 49.0 Å². The van der Waals surface area contributed by atoms with Crippen molar-refractivity contribution >= 4 is 33.2 Å². The minimum Gasteiger partial charge on any atom is -0.480 e. The van der Waals surface area contributed by atoms with Crippen LogP contribution < -0.4 is 5.32 Å². The van der Waals surface area contributed by atoms with Crippen molar-refractivity contribution in [1.29, 1.82) is 0 Å². The Morgan fingerprint density at radius 2 is 1.74 bits per heavy atom. The number of hydrogen-bond acceptors (Lipinski definition) is 9. The number of sulfone groups is 1. The van der Waals surface area contributed by atoms with E-state index in [0.717, 1.165) is 26.9 Å². The van der Waals surface area contributed by atoms with E-state index < -0.39 is 27.9 Å². The van der Waals surface area contributed by atoms with Crippen molar-refractivity contribution in [2.24, 2.45) is 0 Å². The monoisotopic (exact) mass is 612 g/mol. The first-order chi connectivity index (χ1) is 20.2. The summed E-state index contributed by atoms with van der Waals surface area (Å²) in [5, 5.41) is 12.5. The molecule has 10 nitrogen and oxygen atoms in total.